The highest BCUT2D eigenvalue weighted by molar-refractivity contribution is 7.15. The summed E-state index contributed by atoms with van der Waals surface area (Å²) in [5.74, 6) is -0.941. The molecule has 1 aliphatic heterocycles. The number of carbonyl (C=O) groups excluding carboxylic acids is 1. The van der Waals surface area contributed by atoms with Crippen molar-refractivity contribution in [2.45, 2.75) is 70.8 Å². The predicted octanol–water partition coefficient (Wildman–Crippen LogP) is 4.46. The van der Waals surface area contributed by atoms with Gasteiger partial charge in [0.15, 0.2) is 0 Å². The van der Waals surface area contributed by atoms with Gasteiger partial charge in [-0.15, -0.1) is 22.7 Å². The van der Waals surface area contributed by atoms with Gasteiger partial charge in [-0.2, -0.15) is 0 Å². The van der Waals surface area contributed by atoms with Crippen LogP contribution in [-0.2, 0) is 28.9 Å². The molecule has 1 fully saturated rings. The molecule has 7 heteroatoms. The van der Waals surface area contributed by atoms with E-state index in [-0.39, 0.29) is 12.3 Å². The summed E-state index contributed by atoms with van der Waals surface area (Å²) in [5.41, 5.74) is 3.55. The first-order chi connectivity index (χ1) is 13.5. The normalized spacial score (nSPS) is 19.9. The lowest BCUT2D eigenvalue weighted by atomic mass is 10.00. The third kappa shape index (κ3) is 3.87. The van der Waals surface area contributed by atoms with E-state index in [1.54, 1.807) is 27.6 Å². The molecule has 1 atom stereocenters. The number of amides is 1. The highest BCUT2D eigenvalue weighted by atomic mass is 32.1. The molecule has 4 rings (SSSR count). The molecule has 28 heavy (non-hydrogen) atoms. The Hall–Kier alpha value is -1.73. The molecule has 0 aromatic carbocycles. The Morgan fingerprint density at radius 3 is 2.79 bits per heavy atom. The van der Waals surface area contributed by atoms with E-state index in [9.17, 15) is 14.7 Å². The largest absolute Gasteiger partial charge is 0.480 e. The van der Waals surface area contributed by atoms with Crippen molar-refractivity contribution in [3.63, 3.8) is 0 Å². The first-order valence-electron chi connectivity index (χ1n) is 10.1. The molecule has 1 saturated heterocycles. The monoisotopic (exact) mass is 418 g/mol. The van der Waals surface area contributed by atoms with E-state index in [1.165, 1.54) is 29.7 Å². The fourth-order valence-electron chi connectivity index (χ4n) is 4.37. The molecule has 0 radical (unpaired) electrons. The van der Waals surface area contributed by atoms with Crippen molar-refractivity contribution in [3.05, 3.63) is 26.4 Å². The highest BCUT2D eigenvalue weighted by Gasteiger charge is 2.33. The second-order valence-electron chi connectivity index (χ2n) is 7.77. The quantitative estimate of drug-likeness (QED) is 0.745. The molecule has 0 spiro atoms. The Kier molecular flexibility index (Phi) is 5.83. The number of hydrogen-bond donors (Lipinski definition) is 1. The number of fused-ring (bicyclic) bond motifs is 1. The van der Waals surface area contributed by atoms with Crippen LogP contribution in [0.1, 0.15) is 59.5 Å². The zero-order chi connectivity index (χ0) is 19.7. The molecular weight excluding hydrogens is 392 g/mol. The molecule has 0 saturated carbocycles. The predicted molar refractivity (Wildman–Crippen MR) is 112 cm³/mol. The second kappa shape index (κ2) is 8.33. The Bertz CT molecular complexity index is 886. The highest BCUT2D eigenvalue weighted by Crippen LogP contribution is 2.41. The summed E-state index contributed by atoms with van der Waals surface area (Å²) in [6, 6.07) is -0.676. The van der Waals surface area contributed by atoms with Gasteiger partial charge in [-0.3, -0.25) is 4.79 Å². The van der Waals surface area contributed by atoms with Gasteiger partial charge in [0, 0.05) is 32.9 Å². The van der Waals surface area contributed by atoms with Crippen molar-refractivity contribution in [2.24, 2.45) is 0 Å². The maximum Gasteiger partial charge on any atom is 0.326 e. The van der Waals surface area contributed by atoms with E-state index in [2.05, 4.69) is 5.38 Å². The maximum absolute atomic E-state index is 13.1. The topological polar surface area (TPSA) is 70.5 Å². The Labute approximate surface area is 173 Å². The van der Waals surface area contributed by atoms with Crippen LogP contribution in [0.25, 0.3) is 10.6 Å². The number of piperidine rings is 1. The van der Waals surface area contributed by atoms with Crippen LogP contribution < -0.4 is 0 Å². The molecule has 2 aromatic rings. The number of carboxylic acids is 1. The van der Waals surface area contributed by atoms with Gasteiger partial charge in [0.05, 0.1) is 6.42 Å². The summed E-state index contributed by atoms with van der Waals surface area (Å²) in [7, 11) is 0. The summed E-state index contributed by atoms with van der Waals surface area (Å²) in [6.07, 6.45) is 8.36. The van der Waals surface area contributed by atoms with Gasteiger partial charge in [-0.25, -0.2) is 9.78 Å². The SMILES string of the molecule is Cc1csc(-c2c(CC(=O)N3CCCC[C@@H]3C(=O)O)sc3c2CCCCC3)n1. The van der Waals surface area contributed by atoms with Crippen molar-refractivity contribution in [1.82, 2.24) is 9.88 Å². The number of carbonyl (C=O) groups is 2. The number of carboxylic acid groups (broad SMARTS) is 1. The first-order valence-corrected chi connectivity index (χ1v) is 11.8. The molecule has 1 N–H and O–H groups in total. The minimum Gasteiger partial charge on any atom is -0.480 e. The van der Waals surface area contributed by atoms with Crippen LogP contribution in [-0.4, -0.2) is 39.5 Å². The van der Waals surface area contributed by atoms with Crippen LogP contribution >= 0.6 is 22.7 Å². The van der Waals surface area contributed by atoms with Gasteiger partial charge >= 0.3 is 5.97 Å². The first kappa shape index (κ1) is 19.6. The van der Waals surface area contributed by atoms with E-state index in [1.807, 2.05) is 6.92 Å². The molecule has 3 heterocycles. The average molecular weight is 419 g/mol. The number of aromatic nitrogens is 1. The summed E-state index contributed by atoms with van der Waals surface area (Å²) >= 11 is 3.40. The number of rotatable bonds is 4. The van der Waals surface area contributed by atoms with Crippen molar-refractivity contribution >= 4 is 34.6 Å². The van der Waals surface area contributed by atoms with Crippen molar-refractivity contribution in [3.8, 4) is 10.6 Å². The molecule has 0 unspecified atom stereocenters. The second-order valence-corrected chi connectivity index (χ2v) is 9.82. The standard InChI is InChI=1S/C21H26N2O3S2/c1-13-12-27-20(22-13)19-14-7-3-2-4-9-16(14)28-17(19)11-18(24)23-10-6-5-8-15(23)21(25)26/h12,15H,2-11H2,1H3,(H,25,26)/t15-/m1/s1. The lowest BCUT2D eigenvalue weighted by Crippen LogP contribution is -2.48. The molecule has 2 aliphatic rings. The van der Waals surface area contributed by atoms with Crippen LogP contribution in [0.3, 0.4) is 0 Å². The molecule has 150 valence electrons. The van der Waals surface area contributed by atoms with E-state index in [4.69, 9.17) is 4.98 Å². The number of hydrogen-bond acceptors (Lipinski definition) is 5. The van der Waals surface area contributed by atoms with E-state index in [0.717, 1.165) is 46.8 Å². The van der Waals surface area contributed by atoms with Crippen LogP contribution in [0.15, 0.2) is 5.38 Å². The number of aliphatic carboxylic acids is 1. The molecule has 0 bridgehead atoms. The lowest BCUT2D eigenvalue weighted by Gasteiger charge is -2.33. The lowest BCUT2D eigenvalue weighted by molar-refractivity contribution is -0.151. The molecule has 1 amide bonds. The third-order valence-electron chi connectivity index (χ3n) is 5.75. The fourth-order valence-corrected chi connectivity index (χ4v) is 6.72. The third-order valence-corrected chi connectivity index (χ3v) is 8.02. The zero-order valence-electron chi connectivity index (χ0n) is 16.2. The molecule has 5 nitrogen and oxygen atoms in total. The van der Waals surface area contributed by atoms with Crippen molar-refractivity contribution in [1.29, 1.82) is 0 Å². The van der Waals surface area contributed by atoms with Crippen LogP contribution in [0.5, 0.6) is 0 Å². The van der Waals surface area contributed by atoms with Gasteiger partial charge in [0.1, 0.15) is 11.0 Å². The zero-order valence-corrected chi connectivity index (χ0v) is 17.8. The summed E-state index contributed by atoms with van der Waals surface area (Å²) < 4.78 is 0. The van der Waals surface area contributed by atoms with Gasteiger partial charge in [-0.1, -0.05) is 6.42 Å². The Balaban J connectivity index is 1.67. The number of likely N-dealkylation sites (tertiary alicyclic amines) is 1. The minimum atomic E-state index is -0.884. The van der Waals surface area contributed by atoms with E-state index >= 15 is 0 Å². The summed E-state index contributed by atoms with van der Waals surface area (Å²) in [4.78, 5) is 33.5. The Morgan fingerprint density at radius 1 is 1.21 bits per heavy atom. The fraction of sp³-hybridized carbons (Fsp3) is 0.571. The van der Waals surface area contributed by atoms with Crippen LogP contribution in [0.2, 0.25) is 0 Å². The van der Waals surface area contributed by atoms with Crippen LogP contribution in [0.4, 0.5) is 0 Å². The van der Waals surface area contributed by atoms with Gasteiger partial charge in [0.25, 0.3) is 0 Å². The molecular formula is C21H26N2O3S2. The Morgan fingerprint density at radius 2 is 2.04 bits per heavy atom. The van der Waals surface area contributed by atoms with E-state index < -0.39 is 12.0 Å². The van der Waals surface area contributed by atoms with Crippen LogP contribution in [0, 0.1) is 6.92 Å². The van der Waals surface area contributed by atoms with Gasteiger partial charge in [-0.05, 0) is 57.4 Å². The average Bonchev–Trinajstić information content (AvgIpc) is 3.16. The van der Waals surface area contributed by atoms with Gasteiger partial charge < -0.3 is 10.0 Å². The number of thiophene rings is 1. The summed E-state index contributed by atoms with van der Waals surface area (Å²) in [5, 5.41) is 12.6. The van der Waals surface area contributed by atoms with Gasteiger partial charge in [0.2, 0.25) is 5.91 Å². The summed E-state index contributed by atoms with van der Waals surface area (Å²) in [6.45, 7) is 2.55. The number of aryl methyl sites for hydroxylation is 2. The maximum atomic E-state index is 13.1. The number of thiazole rings is 1. The molecule has 2 aromatic heterocycles. The minimum absolute atomic E-state index is 0.0574. The van der Waals surface area contributed by atoms with E-state index in [0.29, 0.717) is 13.0 Å². The van der Waals surface area contributed by atoms with Crippen molar-refractivity contribution < 1.29 is 14.7 Å². The number of nitrogens with zero attached hydrogens (tertiary/aromatic N) is 2. The molecule has 1 aliphatic carbocycles. The smallest absolute Gasteiger partial charge is 0.326 e. The van der Waals surface area contributed by atoms with Crippen molar-refractivity contribution in [2.75, 3.05) is 6.54 Å².